The maximum absolute atomic E-state index is 13.9. The summed E-state index contributed by atoms with van der Waals surface area (Å²) in [4.78, 5) is 28.4. The number of hydrogen-bond donors (Lipinski definition) is 1. The number of nitrogens with zero attached hydrogens (tertiary/aromatic N) is 2. The summed E-state index contributed by atoms with van der Waals surface area (Å²) < 4.78 is 28.7. The van der Waals surface area contributed by atoms with Gasteiger partial charge in [-0.2, -0.15) is 0 Å². The topological polar surface area (TPSA) is 86.8 Å². The molecule has 208 valence electrons. The van der Waals surface area contributed by atoms with Gasteiger partial charge in [0, 0.05) is 13.1 Å². The smallest absolute Gasteiger partial charge is 0.264 e. The number of halogens is 1. The van der Waals surface area contributed by atoms with E-state index in [-0.39, 0.29) is 34.0 Å². The molecule has 3 rings (SSSR count). The van der Waals surface area contributed by atoms with Crippen molar-refractivity contribution in [3.63, 3.8) is 0 Å². The van der Waals surface area contributed by atoms with Crippen LogP contribution >= 0.6 is 11.6 Å². The first-order chi connectivity index (χ1) is 18.4. The Hall–Kier alpha value is -3.36. The minimum absolute atomic E-state index is 0.0359. The number of nitrogens with one attached hydrogen (secondary N) is 1. The van der Waals surface area contributed by atoms with Crippen molar-refractivity contribution in [2.45, 2.75) is 52.1 Å². The molecule has 0 radical (unpaired) electrons. The Morgan fingerprint density at radius 1 is 0.897 bits per heavy atom. The molecule has 3 aromatic carbocycles. The molecule has 0 saturated carbocycles. The summed E-state index contributed by atoms with van der Waals surface area (Å²) in [6.45, 7) is 9.49. The molecular formula is C30H36ClN3O4S. The fraction of sp³-hybridized carbons (Fsp3) is 0.333. The van der Waals surface area contributed by atoms with Gasteiger partial charge in [-0.3, -0.25) is 13.9 Å². The van der Waals surface area contributed by atoms with Crippen LogP contribution in [0.4, 0.5) is 5.69 Å². The fourth-order valence-electron chi connectivity index (χ4n) is 4.05. The van der Waals surface area contributed by atoms with Crippen LogP contribution < -0.4 is 9.62 Å². The molecule has 0 aliphatic carbocycles. The number of sulfonamides is 1. The van der Waals surface area contributed by atoms with Gasteiger partial charge in [-0.15, -0.1) is 0 Å². The number of para-hydroxylation sites is 1. The highest BCUT2D eigenvalue weighted by Gasteiger charge is 2.33. The molecule has 0 fully saturated rings. The molecule has 0 aromatic heterocycles. The predicted molar refractivity (Wildman–Crippen MR) is 156 cm³/mol. The number of benzene rings is 3. The summed E-state index contributed by atoms with van der Waals surface area (Å²) in [6.07, 6.45) is 0. The summed E-state index contributed by atoms with van der Waals surface area (Å²) in [7, 11) is -4.17. The van der Waals surface area contributed by atoms with Gasteiger partial charge in [0.05, 0.1) is 15.6 Å². The van der Waals surface area contributed by atoms with Crippen LogP contribution in [0.15, 0.2) is 77.7 Å². The number of amides is 2. The summed E-state index contributed by atoms with van der Waals surface area (Å²) in [5, 5.41) is 3.07. The van der Waals surface area contributed by atoms with Gasteiger partial charge < -0.3 is 10.2 Å². The predicted octanol–water partition coefficient (Wildman–Crippen LogP) is 5.34. The summed E-state index contributed by atoms with van der Waals surface area (Å²) >= 11 is 6.44. The molecular weight excluding hydrogens is 534 g/mol. The third-order valence-corrected chi connectivity index (χ3v) is 8.39. The van der Waals surface area contributed by atoms with Crippen LogP contribution in [0.5, 0.6) is 0 Å². The largest absolute Gasteiger partial charge is 0.354 e. The van der Waals surface area contributed by atoms with Crippen molar-refractivity contribution < 1.29 is 18.0 Å². The Labute approximate surface area is 236 Å². The van der Waals surface area contributed by atoms with Crippen molar-refractivity contribution >= 4 is 39.1 Å². The van der Waals surface area contributed by atoms with Crippen LogP contribution in [-0.4, -0.2) is 44.3 Å². The summed E-state index contributed by atoms with van der Waals surface area (Å²) in [5.74, 6) is -0.605. The molecule has 39 heavy (non-hydrogen) atoms. The van der Waals surface area contributed by atoms with Crippen LogP contribution in [0.3, 0.4) is 0 Å². The zero-order valence-electron chi connectivity index (χ0n) is 23.0. The first-order valence-electron chi connectivity index (χ1n) is 12.9. The average Bonchev–Trinajstić information content (AvgIpc) is 2.89. The van der Waals surface area contributed by atoms with Crippen molar-refractivity contribution in [2.75, 3.05) is 17.4 Å². The van der Waals surface area contributed by atoms with Crippen LogP contribution in [0.1, 0.15) is 37.5 Å². The van der Waals surface area contributed by atoms with Gasteiger partial charge >= 0.3 is 0 Å². The number of anilines is 1. The Kier molecular flexibility index (Phi) is 10.2. The molecule has 7 nitrogen and oxygen atoms in total. The number of carbonyl (C=O) groups is 2. The molecule has 1 atom stereocenters. The molecule has 0 saturated heterocycles. The highest BCUT2D eigenvalue weighted by molar-refractivity contribution is 7.92. The van der Waals surface area contributed by atoms with E-state index in [1.807, 2.05) is 52.0 Å². The second-order valence-electron chi connectivity index (χ2n) is 10.1. The molecule has 1 unspecified atom stereocenters. The van der Waals surface area contributed by atoms with E-state index < -0.39 is 28.5 Å². The van der Waals surface area contributed by atoms with Crippen LogP contribution in [0.25, 0.3) is 0 Å². The Morgan fingerprint density at radius 2 is 1.56 bits per heavy atom. The monoisotopic (exact) mass is 569 g/mol. The van der Waals surface area contributed by atoms with Crippen LogP contribution in [0, 0.1) is 19.8 Å². The quantitative estimate of drug-likeness (QED) is 0.338. The Morgan fingerprint density at radius 3 is 2.18 bits per heavy atom. The first kappa shape index (κ1) is 30.2. The zero-order chi connectivity index (χ0) is 28.7. The van der Waals surface area contributed by atoms with E-state index in [0.717, 1.165) is 21.0 Å². The van der Waals surface area contributed by atoms with Gasteiger partial charge in [0.15, 0.2) is 0 Å². The van der Waals surface area contributed by atoms with E-state index >= 15 is 0 Å². The Bertz CT molecular complexity index is 1410. The number of rotatable bonds is 11. The molecule has 0 bridgehead atoms. The maximum Gasteiger partial charge on any atom is 0.264 e. The summed E-state index contributed by atoms with van der Waals surface area (Å²) in [6, 6.07) is 19.7. The highest BCUT2D eigenvalue weighted by atomic mass is 35.5. The summed E-state index contributed by atoms with van der Waals surface area (Å²) in [5.41, 5.74) is 2.93. The molecule has 3 aromatic rings. The van der Waals surface area contributed by atoms with Crippen LogP contribution in [0.2, 0.25) is 5.02 Å². The first-order valence-corrected chi connectivity index (χ1v) is 14.7. The molecule has 0 spiro atoms. The standard InChI is InChI=1S/C30H36ClN3O4S/c1-21(2)18-32-30(36)24(5)33(19-25-10-8-9-23(4)17-25)29(35)20-34(28-12-7-6-11-27(28)31)39(37,38)26-15-13-22(3)14-16-26/h6-17,21,24H,18-20H2,1-5H3,(H,32,36). The van der Waals surface area contributed by atoms with Crippen molar-refractivity contribution in [1.29, 1.82) is 0 Å². The lowest BCUT2D eigenvalue weighted by atomic mass is 10.1. The lowest BCUT2D eigenvalue weighted by molar-refractivity contribution is -0.139. The van der Waals surface area contributed by atoms with Crippen molar-refractivity contribution in [3.8, 4) is 0 Å². The van der Waals surface area contributed by atoms with Crippen molar-refractivity contribution in [1.82, 2.24) is 10.2 Å². The van der Waals surface area contributed by atoms with E-state index in [1.165, 1.54) is 17.0 Å². The van der Waals surface area contributed by atoms with Crippen molar-refractivity contribution in [2.24, 2.45) is 5.92 Å². The lowest BCUT2D eigenvalue weighted by Gasteiger charge is -2.32. The van der Waals surface area contributed by atoms with E-state index in [1.54, 1.807) is 43.3 Å². The van der Waals surface area contributed by atoms with Gasteiger partial charge in [0.1, 0.15) is 12.6 Å². The van der Waals surface area contributed by atoms with E-state index in [2.05, 4.69) is 5.32 Å². The normalized spacial score (nSPS) is 12.2. The SMILES string of the molecule is Cc1ccc(S(=O)(=O)N(CC(=O)N(Cc2cccc(C)c2)C(C)C(=O)NCC(C)C)c2ccccc2Cl)cc1. The third kappa shape index (κ3) is 7.83. The van der Waals surface area contributed by atoms with Gasteiger partial charge in [-0.05, 0) is 56.5 Å². The van der Waals surface area contributed by atoms with Gasteiger partial charge in [-0.25, -0.2) is 8.42 Å². The van der Waals surface area contributed by atoms with E-state index in [4.69, 9.17) is 11.6 Å². The van der Waals surface area contributed by atoms with E-state index in [9.17, 15) is 18.0 Å². The van der Waals surface area contributed by atoms with Gasteiger partial charge in [-0.1, -0.05) is 85.1 Å². The van der Waals surface area contributed by atoms with Gasteiger partial charge in [0.25, 0.3) is 10.0 Å². The average molecular weight is 570 g/mol. The molecule has 0 aliphatic heterocycles. The maximum atomic E-state index is 13.9. The number of carbonyl (C=O) groups excluding carboxylic acids is 2. The van der Waals surface area contributed by atoms with Gasteiger partial charge in [0.2, 0.25) is 11.8 Å². The lowest BCUT2D eigenvalue weighted by Crippen LogP contribution is -2.51. The minimum Gasteiger partial charge on any atom is -0.354 e. The second kappa shape index (κ2) is 13.1. The molecule has 0 heterocycles. The molecule has 9 heteroatoms. The zero-order valence-corrected chi connectivity index (χ0v) is 24.6. The van der Waals surface area contributed by atoms with Crippen molar-refractivity contribution in [3.05, 3.63) is 94.5 Å². The number of hydrogen-bond acceptors (Lipinski definition) is 4. The second-order valence-corrected chi connectivity index (χ2v) is 12.4. The number of aryl methyl sites for hydroxylation is 2. The highest BCUT2D eigenvalue weighted by Crippen LogP contribution is 2.31. The molecule has 0 aliphatic rings. The third-order valence-electron chi connectivity index (χ3n) is 6.30. The fourth-order valence-corrected chi connectivity index (χ4v) is 5.77. The van der Waals surface area contributed by atoms with E-state index in [0.29, 0.717) is 6.54 Å². The minimum atomic E-state index is -4.17. The molecule has 1 N–H and O–H groups in total. The van der Waals surface area contributed by atoms with Crippen LogP contribution in [-0.2, 0) is 26.2 Å². The Balaban J connectivity index is 2.02. The molecule has 2 amide bonds.